The molecule has 0 aliphatic carbocycles. The summed E-state index contributed by atoms with van der Waals surface area (Å²) in [4.78, 5) is 0. The number of hydrogen-bond acceptors (Lipinski definition) is 5. The molecule has 3 rings (SSSR count). The van der Waals surface area contributed by atoms with Crippen molar-refractivity contribution in [2.45, 2.75) is 32.4 Å². The van der Waals surface area contributed by atoms with Gasteiger partial charge in [-0.05, 0) is 54.3 Å². The van der Waals surface area contributed by atoms with Crippen molar-refractivity contribution in [3.05, 3.63) is 66.1 Å². The highest BCUT2D eigenvalue weighted by Crippen LogP contribution is 2.23. The molecule has 0 spiro atoms. The van der Waals surface area contributed by atoms with Crippen LogP contribution in [0.3, 0.4) is 0 Å². The summed E-state index contributed by atoms with van der Waals surface area (Å²) in [6.07, 6.45) is 2.10. The van der Waals surface area contributed by atoms with Gasteiger partial charge in [0.05, 0.1) is 12.4 Å². The Bertz CT molecular complexity index is 801. The molecule has 0 bridgehead atoms. The van der Waals surface area contributed by atoms with Crippen LogP contribution in [0.25, 0.3) is 11.5 Å². The molecule has 0 saturated heterocycles. The summed E-state index contributed by atoms with van der Waals surface area (Å²) < 4.78 is 11.5. The molecule has 0 unspecified atom stereocenters. The number of benzene rings is 2. The zero-order chi connectivity index (χ0) is 18.9. The number of thioether (sulfide) groups is 1. The lowest BCUT2D eigenvalue weighted by atomic mass is 10.1. The molecule has 0 saturated carbocycles. The Hall–Kier alpha value is -2.27. The maximum Gasteiger partial charge on any atom is 0.247 e. The van der Waals surface area contributed by atoms with E-state index in [1.807, 2.05) is 42.1 Å². The van der Waals surface area contributed by atoms with Crippen molar-refractivity contribution in [2.75, 3.05) is 12.4 Å². The molecule has 27 heavy (non-hydrogen) atoms. The molecule has 0 N–H and O–H groups in total. The first-order chi connectivity index (χ1) is 13.2. The van der Waals surface area contributed by atoms with Gasteiger partial charge in [0, 0.05) is 5.56 Å². The minimum Gasteiger partial charge on any atom is -0.494 e. The summed E-state index contributed by atoms with van der Waals surface area (Å²) in [7, 11) is 0. The maximum atomic E-state index is 5.79. The van der Waals surface area contributed by atoms with E-state index in [4.69, 9.17) is 9.15 Å². The first kappa shape index (κ1) is 19.5. The number of hydrogen-bond donors (Lipinski definition) is 0. The quantitative estimate of drug-likeness (QED) is 0.425. The third kappa shape index (κ3) is 6.43. The number of ether oxygens (including phenoxy) is 1. The van der Waals surface area contributed by atoms with E-state index in [9.17, 15) is 0 Å². The molecule has 3 aromatic rings. The number of nitrogens with zero attached hydrogens (tertiary/aromatic N) is 2. The van der Waals surface area contributed by atoms with Gasteiger partial charge >= 0.3 is 0 Å². The van der Waals surface area contributed by atoms with Crippen molar-refractivity contribution in [2.24, 2.45) is 5.92 Å². The highest BCUT2D eigenvalue weighted by molar-refractivity contribution is 7.98. The minimum atomic E-state index is 0.558. The second-order valence-corrected chi connectivity index (χ2v) is 7.95. The summed E-state index contributed by atoms with van der Waals surface area (Å²) >= 11 is 1.81. The zero-order valence-corrected chi connectivity index (χ0v) is 16.7. The van der Waals surface area contributed by atoms with Gasteiger partial charge in [-0.2, -0.15) is 11.8 Å². The number of aryl methyl sites for hydroxylation is 1. The highest BCUT2D eigenvalue weighted by Gasteiger charge is 2.09. The van der Waals surface area contributed by atoms with Crippen LogP contribution in [0.1, 0.15) is 31.7 Å². The molecule has 142 valence electrons. The molecular formula is C22H26N2O2S. The van der Waals surface area contributed by atoms with Crippen LogP contribution in [-0.2, 0) is 12.2 Å². The molecule has 0 radical (unpaired) electrons. The Balaban J connectivity index is 1.45. The summed E-state index contributed by atoms with van der Waals surface area (Å²) in [6.45, 7) is 5.13. The first-order valence-corrected chi connectivity index (χ1v) is 10.5. The van der Waals surface area contributed by atoms with E-state index in [-0.39, 0.29) is 0 Å². The third-order valence-corrected chi connectivity index (χ3v) is 5.08. The van der Waals surface area contributed by atoms with Crippen LogP contribution in [0.2, 0.25) is 0 Å². The van der Waals surface area contributed by atoms with Gasteiger partial charge in [0.1, 0.15) is 5.75 Å². The fourth-order valence-corrected chi connectivity index (χ4v) is 3.34. The van der Waals surface area contributed by atoms with Gasteiger partial charge in [-0.3, -0.25) is 0 Å². The predicted octanol–water partition coefficient (Wildman–Crippen LogP) is 5.64. The van der Waals surface area contributed by atoms with E-state index in [1.165, 1.54) is 5.56 Å². The van der Waals surface area contributed by atoms with Gasteiger partial charge in [-0.25, -0.2) is 0 Å². The molecule has 0 fully saturated rings. The standard InChI is InChI=1S/C22H26N2O2S/c1-17(2)12-14-25-20-10-8-19(9-11-20)22-24-23-21(26-22)16-27-15-13-18-6-4-3-5-7-18/h3-11,17H,12-16H2,1-2H3. The number of rotatable bonds is 10. The van der Waals surface area contributed by atoms with Gasteiger partial charge in [0.15, 0.2) is 0 Å². The first-order valence-electron chi connectivity index (χ1n) is 9.38. The van der Waals surface area contributed by atoms with Crippen LogP contribution in [0.5, 0.6) is 5.75 Å². The van der Waals surface area contributed by atoms with Gasteiger partial charge in [-0.1, -0.05) is 44.2 Å². The molecule has 0 aliphatic heterocycles. The van der Waals surface area contributed by atoms with E-state index in [0.29, 0.717) is 17.7 Å². The largest absolute Gasteiger partial charge is 0.494 e. The number of aromatic nitrogens is 2. The normalized spacial score (nSPS) is 11.1. The van der Waals surface area contributed by atoms with Crippen LogP contribution < -0.4 is 4.74 Å². The molecule has 5 heteroatoms. The van der Waals surface area contributed by atoms with Crippen LogP contribution in [0, 0.1) is 5.92 Å². The van der Waals surface area contributed by atoms with Gasteiger partial charge in [0.2, 0.25) is 11.8 Å². The lowest BCUT2D eigenvalue weighted by Crippen LogP contribution is -2.01. The Kier molecular flexibility index (Phi) is 7.34. The Labute approximate surface area is 165 Å². The van der Waals surface area contributed by atoms with Crippen molar-refractivity contribution in [3.63, 3.8) is 0 Å². The molecule has 1 heterocycles. The molecular weight excluding hydrogens is 356 g/mol. The minimum absolute atomic E-state index is 0.558. The lowest BCUT2D eigenvalue weighted by molar-refractivity contribution is 0.289. The van der Waals surface area contributed by atoms with Crippen LogP contribution in [0.4, 0.5) is 0 Å². The summed E-state index contributed by atoms with van der Waals surface area (Å²) in [5.74, 6) is 4.50. The van der Waals surface area contributed by atoms with E-state index >= 15 is 0 Å². The fraction of sp³-hybridized carbons (Fsp3) is 0.364. The maximum absolute atomic E-state index is 5.79. The van der Waals surface area contributed by atoms with Crippen molar-refractivity contribution < 1.29 is 9.15 Å². The van der Waals surface area contributed by atoms with Crippen LogP contribution >= 0.6 is 11.8 Å². The summed E-state index contributed by atoms with van der Waals surface area (Å²) in [5.41, 5.74) is 2.27. The smallest absolute Gasteiger partial charge is 0.247 e. The van der Waals surface area contributed by atoms with Crippen molar-refractivity contribution in [1.29, 1.82) is 0 Å². The Morgan fingerprint density at radius 1 is 1.00 bits per heavy atom. The third-order valence-electron chi connectivity index (χ3n) is 4.14. The monoisotopic (exact) mass is 382 g/mol. The molecule has 2 aromatic carbocycles. The summed E-state index contributed by atoms with van der Waals surface area (Å²) in [5, 5.41) is 8.33. The Morgan fingerprint density at radius 3 is 2.52 bits per heavy atom. The van der Waals surface area contributed by atoms with Crippen molar-refractivity contribution in [3.8, 4) is 17.2 Å². The van der Waals surface area contributed by atoms with E-state index < -0.39 is 0 Å². The van der Waals surface area contributed by atoms with E-state index in [2.05, 4.69) is 48.3 Å². The highest BCUT2D eigenvalue weighted by atomic mass is 32.2. The fourth-order valence-electron chi connectivity index (χ4n) is 2.53. The van der Waals surface area contributed by atoms with E-state index in [1.54, 1.807) is 0 Å². The predicted molar refractivity (Wildman–Crippen MR) is 111 cm³/mol. The topological polar surface area (TPSA) is 48.2 Å². The van der Waals surface area contributed by atoms with Gasteiger partial charge in [0.25, 0.3) is 0 Å². The Morgan fingerprint density at radius 2 is 1.78 bits per heavy atom. The second kappa shape index (κ2) is 10.2. The van der Waals surface area contributed by atoms with Gasteiger partial charge < -0.3 is 9.15 Å². The lowest BCUT2D eigenvalue weighted by Gasteiger charge is -2.08. The van der Waals surface area contributed by atoms with Crippen molar-refractivity contribution >= 4 is 11.8 Å². The molecule has 0 atom stereocenters. The second-order valence-electron chi connectivity index (χ2n) is 6.84. The summed E-state index contributed by atoms with van der Waals surface area (Å²) in [6, 6.07) is 18.3. The van der Waals surface area contributed by atoms with Crippen molar-refractivity contribution in [1.82, 2.24) is 10.2 Å². The molecule has 0 aliphatic rings. The molecule has 4 nitrogen and oxygen atoms in total. The molecule has 0 amide bonds. The zero-order valence-electron chi connectivity index (χ0n) is 15.9. The average Bonchev–Trinajstić information content (AvgIpc) is 3.15. The van der Waals surface area contributed by atoms with Crippen LogP contribution in [0.15, 0.2) is 59.0 Å². The molecule has 1 aromatic heterocycles. The SMILES string of the molecule is CC(C)CCOc1ccc(-c2nnc(CSCCc3ccccc3)o2)cc1. The van der Waals surface area contributed by atoms with Gasteiger partial charge in [-0.15, -0.1) is 10.2 Å². The van der Waals surface area contributed by atoms with E-state index in [0.717, 1.165) is 42.3 Å². The average molecular weight is 383 g/mol. The van der Waals surface area contributed by atoms with Crippen LogP contribution in [-0.4, -0.2) is 22.6 Å².